The van der Waals surface area contributed by atoms with Gasteiger partial charge in [0, 0.05) is 24.2 Å². The molecule has 140 valence electrons. The van der Waals surface area contributed by atoms with E-state index in [0.29, 0.717) is 35.2 Å². The van der Waals surface area contributed by atoms with Gasteiger partial charge in [-0.2, -0.15) is 5.26 Å². The molecule has 1 atom stereocenters. The zero-order valence-electron chi connectivity index (χ0n) is 14.7. The third-order valence-corrected chi connectivity index (χ3v) is 4.72. The minimum Gasteiger partial charge on any atom is -0.492 e. The molecule has 3 aromatic rings. The van der Waals surface area contributed by atoms with E-state index in [1.165, 1.54) is 0 Å². The smallest absolute Gasteiger partial charge is 0.320 e. The first-order chi connectivity index (χ1) is 13.6. The summed E-state index contributed by atoms with van der Waals surface area (Å²) in [6.45, 7) is 0.481. The molecule has 1 aromatic heterocycles. The van der Waals surface area contributed by atoms with E-state index in [0.717, 1.165) is 11.3 Å². The van der Waals surface area contributed by atoms with E-state index in [1.54, 1.807) is 47.3 Å². The van der Waals surface area contributed by atoms with Crippen LogP contribution >= 0.6 is 11.6 Å². The Labute approximate surface area is 166 Å². The maximum absolute atomic E-state index is 12.4. The fourth-order valence-electron chi connectivity index (χ4n) is 3.07. The number of carbonyl (C=O) groups excluding carboxylic acids is 1. The summed E-state index contributed by atoms with van der Waals surface area (Å²) < 4.78 is 7.24. The van der Waals surface area contributed by atoms with Crippen LogP contribution in [-0.4, -0.2) is 22.4 Å². The van der Waals surface area contributed by atoms with Crippen LogP contribution in [0.15, 0.2) is 54.7 Å². The number of hydrogen-bond donors (Lipinski definition) is 2. The van der Waals surface area contributed by atoms with Crippen molar-refractivity contribution >= 4 is 23.4 Å². The van der Waals surface area contributed by atoms with Crippen molar-refractivity contribution in [3.8, 4) is 17.5 Å². The molecule has 0 saturated carbocycles. The monoisotopic (exact) mass is 393 g/mol. The number of amides is 2. The molecular formula is C20H16ClN5O2. The second-order valence-corrected chi connectivity index (χ2v) is 6.66. The average molecular weight is 394 g/mol. The van der Waals surface area contributed by atoms with E-state index in [2.05, 4.69) is 21.8 Å². The van der Waals surface area contributed by atoms with Gasteiger partial charge < -0.3 is 10.1 Å². The van der Waals surface area contributed by atoms with Crippen LogP contribution in [0.5, 0.6) is 5.75 Å². The average Bonchev–Trinajstić information content (AvgIpc) is 3.17. The van der Waals surface area contributed by atoms with Gasteiger partial charge in [0.2, 0.25) is 0 Å². The molecule has 1 aliphatic heterocycles. The van der Waals surface area contributed by atoms with Gasteiger partial charge in [0.25, 0.3) is 0 Å². The molecule has 2 aromatic carbocycles. The van der Waals surface area contributed by atoms with E-state index in [4.69, 9.17) is 21.6 Å². The summed E-state index contributed by atoms with van der Waals surface area (Å²) in [5, 5.41) is 19.4. The van der Waals surface area contributed by atoms with Crippen molar-refractivity contribution in [2.75, 3.05) is 11.9 Å². The zero-order valence-corrected chi connectivity index (χ0v) is 15.5. The van der Waals surface area contributed by atoms with Crippen molar-refractivity contribution in [3.05, 3.63) is 70.9 Å². The maximum Gasteiger partial charge on any atom is 0.320 e. The quantitative estimate of drug-likeness (QED) is 0.702. The number of nitrogens with one attached hydrogen (secondary N) is 2. The molecular weight excluding hydrogens is 378 g/mol. The van der Waals surface area contributed by atoms with Crippen molar-refractivity contribution in [1.82, 2.24) is 15.1 Å². The van der Waals surface area contributed by atoms with Gasteiger partial charge in [0.05, 0.1) is 35.0 Å². The highest BCUT2D eigenvalue weighted by atomic mass is 35.5. The molecule has 7 nitrogen and oxygen atoms in total. The summed E-state index contributed by atoms with van der Waals surface area (Å²) in [7, 11) is 0. The van der Waals surface area contributed by atoms with Crippen LogP contribution in [0.4, 0.5) is 10.6 Å². The van der Waals surface area contributed by atoms with E-state index in [-0.39, 0.29) is 12.1 Å². The summed E-state index contributed by atoms with van der Waals surface area (Å²) >= 11 is 6.17. The molecule has 0 bridgehead atoms. The number of hydrogen-bond acceptors (Lipinski definition) is 4. The molecule has 1 aliphatic rings. The fraction of sp³-hybridized carbons (Fsp3) is 0.150. The standard InChI is InChI=1S/C20H16ClN5O2/c21-16-3-1-2-15-17(9-11-28-19(15)16)23-20(27)24-18-8-10-26(25-18)14-6-4-13(12-22)5-7-14/h1-8,10,17H,9,11H2,(H2,23,24,25,27)/t17-/m0/s1. The summed E-state index contributed by atoms with van der Waals surface area (Å²) in [5.41, 5.74) is 2.22. The van der Waals surface area contributed by atoms with Gasteiger partial charge in [-0.25, -0.2) is 9.48 Å². The minimum absolute atomic E-state index is 0.192. The maximum atomic E-state index is 12.4. The summed E-state index contributed by atoms with van der Waals surface area (Å²) in [5.74, 6) is 1.03. The minimum atomic E-state index is -0.358. The Kier molecular flexibility index (Phi) is 4.87. The highest BCUT2D eigenvalue weighted by molar-refractivity contribution is 6.32. The van der Waals surface area contributed by atoms with Crippen LogP contribution in [0.3, 0.4) is 0 Å². The molecule has 2 heterocycles. The number of rotatable bonds is 3. The number of para-hydroxylation sites is 1. The number of halogens is 1. The van der Waals surface area contributed by atoms with Gasteiger partial charge in [-0.15, -0.1) is 5.10 Å². The molecule has 0 radical (unpaired) electrons. The lowest BCUT2D eigenvalue weighted by molar-refractivity contribution is 0.232. The van der Waals surface area contributed by atoms with E-state index < -0.39 is 0 Å². The Balaban J connectivity index is 1.43. The first-order valence-electron chi connectivity index (χ1n) is 8.69. The van der Waals surface area contributed by atoms with Crippen molar-refractivity contribution in [1.29, 1.82) is 5.26 Å². The first-order valence-corrected chi connectivity index (χ1v) is 9.07. The number of nitrogens with zero attached hydrogens (tertiary/aromatic N) is 3. The molecule has 0 saturated heterocycles. The Hall–Kier alpha value is -3.50. The molecule has 0 fully saturated rings. The van der Waals surface area contributed by atoms with Crippen LogP contribution in [-0.2, 0) is 0 Å². The predicted octanol–water partition coefficient (Wildman–Crippen LogP) is 4.04. The lowest BCUT2D eigenvalue weighted by Gasteiger charge is -2.27. The predicted molar refractivity (Wildman–Crippen MR) is 105 cm³/mol. The van der Waals surface area contributed by atoms with Crippen LogP contribution in [0, 0.1) is 11.3 Å². The number of aromatic nitrogens is 2. The Morgan fingerprint density at radius 2 is 2.07 bits per heavy atom. The van der Waals surface area contributed by atoms with Gasteiger partial charge in [-0.1, -0.05) is 23.7 Å². The van der Waals surface area contributed by atoms with Gasteiger partial charge in [-0.05, 0) is 30.3 Å². The van der Waals surface area contributed by atoms with Crippen LogP contribution in [0.2, 0.25) is 5.02 Å². The van der Waals surface area contributed by atoms with Gasteiger partial charge >= 0.3 is 6.03 Å². The summed E-state index contributed by atoms with van der Waals surface area (Å²) in [4.78, 5) is 12.4. The third kappa shape index (κ3) is 3.63. The molecule has 0 unspecified atom stereocenters. The van der Waals surface area contributed by atoms with Crippen LogP contribution in [0.1, 0.15) is 23.6 Å². The number of benzene rings is 2. The van der Waals surface area contributed by atoms with Crippen LogP contribution < -0.4 is 15.4 Å². The van der Waals surface area contributed by atoms with Crippen molar-refractivity contribution in [2.24, 2.45) is 0 Å². The number of nitriles is 1. The molecule has 0 aliphatic carbocycles. The highest BCUT2D eigenvalue weighted by Crippen LogP contribution is 2.37. The molecule has 0 spiro atoms. The zero-order chi connectivity index (χ0) is 19.5. The molecule has 2 amide bonds. The fourth-order valence-corrected chi connectivity index (χ4v) is 3.31. The summed E-state index contributed by atoms with van der Waals surface area (Å²) in [6.07, 6.45) is 2.39. The SMILES string of the molecule is N#Cc1ccc(-n2ccc(NC(=O)N[C@H]3CCOc4c(Cl)cccc43)n2)cc1. The molecule has 2 N–H and O–H groups in total. The number of carbonyl (C=O) groups is 1. The first kappa shape index (κ1) is 17.9. The Morgan fingerprint density at radius 3 is 2.86 bits per heavy atom. The lowest BCUT2D eigenvalue weighted by atomic mass is 10.0. The van der Waals surface area contributed by atoms with Crippen molar-refractivity contribution in [3.63, 3.8) is 0 Å². The largest absolute Gasteiger partial charge is 0.492 e. The number of anilines is 1. The van der Waals surface area contributed by atoms with Gasteiger partial charge in [0.1, 0.15) is 5.75 Å². The molecule has 8 heteroatoms. The van der Waals surface area contributed by atoms with E-state index in [9.17, 15) is 4.79 Å². The number of ether oxygens (including phenoxy) is 1. The van der Waals surface area contributed by atoms with E-state index >= 15 is 0 Å². The second-order valence-electron chi connectivity index (χ2n) is 6.25. The van der Waals surface area contributed by atoms with Gasteiger partial charge in [0.15, 0.2) is 5.82 Å². The lowest BCUT2D eigenvalue weighted by Crippen LogP contribution is -2.35. The van der Waals surface area contributed by atoms with Crippen LogP contribution in [0.25, 0.3) is 5.69 Å². The number of urea groups is 1. The normalized spacial score (nSPS) is 15.1. The molecule has 4 rings (SSSR count). The van der Waals surface area contributed by atoms with E-state index in [1.807, 2.05) is 12.1 Å². The Bertz CT molecular complexity index is 1060. The second kappa shape index (κ2) is 7.62. The Morgan fingerprint density at radius 1 is 1.25 bits per heavy atom. The van der Waals surface area contributed by atoms with Crippen molar-refractivity contribution < 1.29 is 9.53 Å². The highest BCUT2D eigenvalue weighted by Gasteiger charge is 2.24. The number of fused-ring (bicyclic) bond motifs is 1. The third-order valence-electron chi connectivity index (χ3n) is 4.42. The molecule has 28 heavy (non-hydrogen) atoms. The topological polar surface area (TPSA) is 92.0 Å². The summed E-state index contributed by atoms with van der Waals surface area (Å²) in [6, 6.07) is 15.7. The van der Waals surface area contributed by atoms with Gasteiger partial charge in [-0.3, -0.25) is 5.32 Å². The van der Waals surface area contributed by atoms with Crippen molar-refractivity contribution in [2.45, 2.75) is 12.5 Å².